The highest BCUT2D eigenvalue weighted by molar-refractivity contribution is 9.10. The summed E-state index contributed by atoms with van der Waals surface area (Å²) in [5, 5.41) is 1.08. The van der Waals surface area contributed by atoms with E-state index in [4.69, 9.17) is 23.2 Å². The van der Waals surface area contributed by atoms with Gasteiger partial charge in [0.25, 0.3) is 0 Å². The van der Waals surface area contributed by atoms with Crippen molar-refractivity contribution in [2.24, 2.45) is 0 Å². The molecule has 0 aliphatic rings. The first-order valence-corrected chi connectivity index (χ1v) is 5.65. The van der Waals surface area contributed by atoms with Crippen LogP contribution in [0.3, 0.4) is 0 Å². The zero-order valence-corrected chi connectivity index (χ0v) is 10.5. The van der Waals surface area contributed by atoms with E-state index in [-0.39, 0.29) is 0 Å². The van der Waals surface area contributed by atoms with E-state index in [9.17, 15) is 0 Å². The standard InChI is InChI=1S/C10H5BrCl2N2/c11-7-5-6(1-2-8(7)12)10-14-4-3-9(13)15-10/h1-5H. The third kappa shape index (κ3) is 2.48. The van der Waals surface area contributed by atoms with Crippen molar-refractivity contribution in [3.05, 3.63) is 45.1 Å². The van der Waals surface area contributed by atoms with Crippen LogP contribution < -0.4 is 0 Å². The summed E-state index contributed by atoms with van der Waals surface area (Å²) in [6.07, 6.45) is 1.62. The van der Waals surface area contributed by atoms with Crippen LogP contribution in [0.2, 0.25) is 10.2 Å². The number of hydrogen-bond donors (Lipinski definition) is 0. The molecule has 1 aromatic carbocycles. The Morgan fingerprint density at radius 1 is 1.13 bits per heavy atom. The minimum atomic E-state index is 0.422. The van der Waals surface area contributed by atoms with Gasteiger partial charge in [-0.05, 0) is 40.2 Å². The normalized spacial score (nSPS) is 10.3. The fraction of sp³-hybridized carbons (Fsp3) is 0. The topological polar surface area (TPSA) is 25.8 Å². The number of aromatic nitrogens is 2. The first-order valence-electron chi connectivity index (χ1n) is 4.11. The Morgan fingerprint density at radius 2 is 1.93 bits per heavy atom. The smallest absolute Gasteiger partial charge is 0.160 e. The van der Waals surface area contributed by atoms with Crippen LogP contribution in [0.15, 0.2) is 34.9 Å². The Hall–Kier alpha value is -0.640. The van der Waals surface area contributed by atoms with Gasteiger partial charge in [0.2, 0.25) is 0 Å². The number of benzene rings is 1. The lowest BCUT2D eigenvalue weighted by Crippen LogP contribution is -1.88. The minimum Gasteiger partial charge on any atom is -0.236 e. The molecule has 76 valence electrons. The molecule has 2 rings (SSSR count). The predicted molar refractivity (Wildman–Crippen MR) is 65.2 cm³/mol. The van der Waals surface area contributed by atoms with Gasteiger partial charge in [0.1, 0.15) is 5.15 Å². The average Bonchev–Trinajstić information content (AvgIpc) is 2.22. The van der Waals surface area contributed by atoms with E-state index in [1.807, 2.05) is 12.1 Å². The predicted octanol–water partition coefficient (Wildman–Crippen LogP) is 4.21. The molecule has 1 aromatic heterocycles. The van der Waals surface area contributed by atoms with Gasteiger partial charge < -0.3 is 0 Å². The number of rotatable bonds is 1. The van der Waals surface area contributed by atoms with Crippen LogP contribution in [0.1, 0.15) is 0 Å². The zero-order chi connectivity index (χ0) is 10.8. The molecule has 0 spiro atoms. The van der Waals surface area contributed by atoms with Crippen LogP contribution in [-0.2, 0) is 0 Å². The average molecular weight is 304 g/mol. The van der Waals surface area contributed by atoms with Crippen molar-refractivity contribution in [2.45, 2.75) is 0 Å². The molecule has 1 heterocycles. The van der Waals surface area contributed by atoms with Gasteiger partial charge in [-0.15, -0.1) is 0 Å². The summed E-state index contributed by atoms with van der Waals surface area (Å²) >= 11 is 15.0. The third-order valence-electron chi connectivity index (χ3n) is 1.80. The van der Waals surface area contributed by atoms with E-state index in [0.717, 1.165) is 10.0 Å². The highest BCUT2D eigenvalue weighted by Crippen LogP contribution is 2.27. The van der Waals surface area contributed by atoms with Crippen LogP contribution in [-0.4, -0.2) is 9.97 Å². The Balaban J connectivity index is 2.50. The lowest BCUT2D eigenvalue weighted by atomic mass is 10.2. The van der Waals surface area contributed by atoms with E-state index in [1.54, 1.807) is 18.3 Å². The first-order chi connectivity index (χ1) is 7.16. The molecule has 0 radical (unpaired) electrons. The van der Waals surface area contributed by atoms with Crippen LogP contribution in [0.4, 0.5) is 0 Å². The van der Waals surface area contributed by atoms with Crippen molar-refractivity contribution >= 4 is 39.1 Å². The summed E-state index contributed by atoms with van der Waals surface area (Å²) < 4.78 is 0.810. The van der Waals surface area contributed by atoms with Gasteiger partial charge in [-0.25, -0.2) is 9.97 Å². The number of halogens is 3. The second-order valence-electron chi connectivity index (χ2n) is 2.83. The summed E-state index contributed by atoms with van der Waals surface area (Å²) in [7, 11) is 0. The summed E-state index contributed by atoms with van der Waals surface area (Å²) in [6.45, 7) is 0. The van der Waals surface area contributed by atoms with E-state index >= 15 is 0 Å². The van der Waals surface area contributed by atoms with Gasteiger partial charge in [-0.2, -0.15) is 0 Å². The van der Waals surface area contributed by atoms with E-state index in [2.05, 4.69) is 25.9 Å². The molecule has 15 heavy (non-hydrogen) atoms. The third-order valence-corrected chi connectivity index (χ3v) is 3.22. The van der Waals surface area contributed by atoms with Gasteiger partial charge in [0.15, 0.2) is 5.82 Å². The molecule has 2 nitrogen and oxygen atoms in total. The van der Waals surface area contributed by atoms with Crippen molar-refractivity contribution in [3.8, 4) is 11.4 Å². The highest BCUT2D eigenvalue weighted by atomic mass is 79.9. The van der Waals surface area contributed by atoms with Crippen LogP contribution in [0.25, 0.3) is 11.4 Å². The van der Waals surface area contributed by atoms with Gasteiger partial charge in [-0.3, -0.25) is 0 Å². The van der Waals surface area contributed by atoms with Gasteiger partial charge >= 0.3 is 0 Å². The molecule has 0 amide bonds. The molecule has 0 atom stereocenters. The molecule has 0 fully saturated rings. The molecule has 0 aliphatic heterocycles. The zero-order valence-electron chi connectivity index (χ0n) is 7.42. The first kappa shape index (κ1) is 10.9. The summed E-state index contributed by atoms with van der Waals surface area (Å²) in [5.41, 5.74) is 0.869. The molecule has 0 saturated carbocycles. The van der Waals surface area contributed by atoms with Crippen molar-refractivity contribution in [2.75, 3.05) is 0 Å². The summed E-state index contributed by atoms with van der Waals surface area (Å²) in [4.78, 5) is 8.23. The lowest BCUT2D eigenvalue weighted by Gasteiger charge is -2.01. The van der Waals surface area contributed by atoms with Gasteiger partial charge in [-0.1, -0.05) is 23.2 Å². The molecule has 0 aliphatic carbocycles. The van der Waals surface area contributed by atoms with E-state index in [1.165, 1.54) is 0 Å². The minimum absolute atomic E-state index is 0.422. The highest BCUT2D eigenvalue weighted by Gasteiger charge is 2.04. The van der Waals surface area contributed by atoms with Crippen molar-refractivity contribution in [1.29, 1.82) is 0 Å². The Labute approximate surface area is 105 Å². The second-order valence-corrected chi connectivity index (χ2v) is 4.48. The fourth-order valence-electron chi connectivity index (χ4n) is 1.11. The molecule has 0 unspecified atom stereocenters. The van der Waals surface area contributed by atoms with Crippen LogP contribution in [0, 0.1) is 0 Å². The SMILES string of the molecule is Clc1ccnc(-c2ccc(Cl)c(Br)c2)n1. The summed E-state index contributed by atoms with van der Waals surface area (Å²) in [6, 6.07) is 7.12. The molecule has 2 aromatic rings. The molecule has 0 saturated heterocycles. The summed E-state index contributed by atoms with van der Waals surface area (Å²) in [5.74, 6) is 0.583. The van der Waals surface area contributed by atoms with Crippen LogP contribution in [0.5, 0.6) is 0 Å². The number of hydrogen-bond acceptors (Lipinski definition) is 2. The Morgan fingerprint density at radius 3 is 2.60 bits per heavy atom. The number of nitrogens with zero attached hydrogens (tertiary/aromatic N) is 2. The van der Waals surface area contributed by atoms with Crippen molar-refractivity contribution < 1.29 is 0 Å². The van der Waals surface area contributed by atoms with Crippen molar-refractivity contribution in [1.82, 2.24) is 9.97 Å². The second kappa shape index (κ2) is 4.47. The Kier molecular flexibility index (Phi) is 3.24. The van der Waals surface area contributed by atoms with Gasteiger partial charge in [0.05, 0.1) is 5.02 Å². The van der Waals surface area contributed by atoms with Crippen molar-refractivity contribution in [3.63, 3.8) is 0 Å². The maximum atomic E-state index is 5.89. The maximum absolute atomic E-state index is 5.89. The molecular formula is C10H5BrCl2N2. The molecular weight excluding hydrogens is 299 g/mol. The molecule has 0 N–H and O–H groups in total. The lowest BCUT2D eigenvalue weighted by molar-refractivity contribution is 1.18. The quantitative estimate of drug-likeness (QED) is 0.737. The van der Waals surface area contributed by atoms with E-state index in [0.29, 0.717) is 16.0 Å². The largest absolute Gasteiger partial charge is 0.236 e. The fourth-order valence-corrected chi connectivity index (χ4v) is 1.74. The van der Waals surface area contributed by atoms with Gasteiger partial charge in [0, 0.05) is 16.2 Å². The molecule has 5 heteroatoms. The van der Waals surface area contributed by atoms with Crippen LogP contribution >= 0.6 is 39.1 Å². The van der Waals surface area contributed by atoms with E-state index < -0.39 is 0 Å². The monoisotopic (exact) mass is 302 g/mol. The Bertz CT molecular complexity index is 503. The maximum Gasteiger partial charge on any atom is 0.160 e. The molecule has 0 bridgehead atoms.